The van der Waals surface area contributed by atoms with E-state index < -0.39 is 6.04 Å². The second kappa shape index (κ2) is 14.0. The van der Waals surface area contributed by atoms with Crippen molar-refractivity contribution in [3.05, 3.63) is 0 Å². The minimum Gasteiger partial charge on any atom is -0.356 e. The van der Waals surface area contributed by atoms with E-state index >= 15 is 0 Å². The second-order valence-electron chi connectivity index (χ2n) is 7.53. The number of hydrogen-bond donors (Lipinski definition) is 3. The topological polar surface area (TPSA) is 135 Å². The van der Waals surface area contributed by atoms with Crippen molar-refractivity contribution in [2.24, 2.45) is 11.7 Å². The first-order valence-corrected chi connectivity index (χ1v) is 9.84. The second-order valence-corrected chi connectivity index (χ2v) is 7.53. The molecule has 0 radical (unpaired) electrons. The largest absolute Gasteiger partial charge is 0.356 e. The lowest BCUT2D eigenvalue weighted by Gasteiger charge is -2.20. The molecule has 28 heavy (non-hydrogen) atoms. The van der Waals surface area contributed by atoms with Crippen LogP contribution in [0.2, 0.25) is 0 Å². The highest BCUT2D eigenvalue weighted by atomic mass is 16.2. The van der Waals surface area contributed by atoms with Crippen LogP contribution in [-0.2, 0) is 24.0 Å². The summed E-state index contributed by atoms with van der Waals surface area (Å²) in [7, 11) is 0. The Labute approximate surface area is 167 Å². The van der Waals surface area contributed by atoms with Gasteiger partial charge in [0.1, 0.15) is 17.3 Å². The molecule has 8 nitrogen and oxygen atoms in total. The molecule has 0 aliphatic rings. The first kappa shape index (κ1) is 25.9. The van der Waals surface area contributed by atoms with Gasteiger partial charge in [0.2, 0.25) is 11.8 Å². The van der Waals surface area contributed by atoms with Crippen LogP contribution in [0.15, 0.2) is 0 Å². The van der Waals surface area contributed by atoms with Gasteiger partial charge < -0.3 is 26.0 Å². The molecule has 160 valence electrons. The lowest BCUT2D eigenvalue weighted by molar-refractivity contribution is -0.126. The molecule has 8 heteroatoms. The van der Waals surface area contributed by atoms with Gasteiger partial charge in [-0.15, -0.1) is 0 Å². The number of nitrogens with one attached hydrogen (secondary N) is 2. The summed E-state index contributed by atoms with van der Waals surface area (Å²) in [6, 6.07) is -1.15. The lowest BCUT2D eigenvalue weighted by Crippen LogP contribution is -2.46. The summed E-state index contributed by atoms with van der Waals surface area (Å²) >= 11 is 0. The third kappa shape index (κ3) is 13.1. The molecule has 2 amide bonds. The van der Waals surface area contributed by atoms with E-state index in [0.717, 1.165) is 0 Å². The van der Waals surface area contributed by atoms with E-state index in [0.29, 0.717) is 32.2 Å². The third-order valence-electron chi connectivity index (χ3n) is 4.43. The van der Waals surface area contributed by atoms with E-state index in [1.165, 1.54) is 20.8 Å². The number of hydrogen-bond acceptors (Lipinski definition) is 6. The molecule has 0 saturated heterocycles. The van der Waals surface area contributed by atoms with Gasteiger partial charge in [-0.1, -0.05) is 6.92 Å². The Morgan fingerprint density at radius 1 is 0.821 bits per heavy atom. The van der Waals surface area contributed by atoms with E-state index in [2.05, 4.69) is 10.6 Å². The predicted molar refractivity (Wildman–Crippen MR) is 106 cm³/mol. The number of carbonyl (C=O) groups is 5. The molecule has 4 N–H and O–H groups in total. The van der Waals surface area contributed by atoms with Gasteiger partial charge >= 0.3 is 0 Å². The summed E-state index contributed by atoms with van der Waals surface area (Å²) in [6.07, 6.45) is 2.70. The minimum atomic E-state index is -0.791. The summed E-state index contributed by atoms with van der Waals surface area (Å²) in [5.74, 6) is -0.754. The van der Waals surface area contributed by atoms with Gasteiger partial charge in [0.25, 0.3) is 0 Å². The number of ketones is 3. The van der Waals surface area contributed by atoms with Crippen LogP contribution in [0.4, 0.5) is 0 Å². The van der Waals surface area contributed by atoms with Crippen molar-refractivity contribution in [2.45, 2.75) is 84.7 Å². The van der Waals surface area contributed by atoms with Crippen LogP contribution >= 0.6 is 0 Å². The van der Waals surface area contributed by atoms with Gasteiger partial charge in [0, 0.05) is 37.8 Å². The molecule has 0 heterocycles. The number of Topliss-reactive ketones (excluding diaryl/α,β-unsaturated/α-hetero) is 3. The fourth-order valence-electron chi connectivity index (χ4n) is 2.66. The van der Waals surface area contributed by atoms with Gasteiger partial charge in [-0.05, 0) is 46.5 Å². The number of amides is 2. The zero-order valence-corrected chi connectivity index (χ0v) is 17.5. The van der Waals surface area contributed by atoms with Crippen molar-refractivity contribution >= 4 is 29.2 Å². The lowest BCUT2D eigenvalue weighted by atomic mass is 10.0. The quantitative estimate of drug-likeness (QED) is 0.353. The van der Waals surface area contributed by atoms with Crippen molar-refractivity contribution in [1.82, 2.24) is 10.6 Å². The molecule has 3 unspecified atom stereocenters. The monoisotopic (exact) mass is 397 g/mol. The maximum absolute atomic E-state index is 12.1. The smallest absolute Gasteiger partial charge is 0.237 e. The first-order valence-electron chi connectivity index (χ1n) is 9.84. The van der Waals surface area contributed by atoms with Gasteiger partial charge in [-0.2, -0.15) is 0 Å². The van der Waals surface area contributed by atoms with E-state index in [9.17, 15) is 24.0 Å². The Hall–Kier alpha value is -2.09. The Morgan fingerprint density at radius 3 is 1.93 bits per heavy atom. The van der Waals surface area contributed by atoms with Gasteiger partial charge in [0.05, 0.1) is 6.04 Å². The molecule has 0 aromatic rings. The van der Waals surface area contributed by atoms with Crippen molar-refractivity contribution in [2.75, 3.05) is 6.54 Å². The van der Waals surface area contributed by atoms with Gasteiger partial charge in [0.15, 0.2) is 0 Å². The minimum absolute atomic E-state index is 0.0307. The third-order valence-corrected chi connectivity index (χ3v) is 4.43. The molecular formula is C20H35N3O5. The summed E-state index contributed by atoms with van der Waals surface area (Å²) in [4.78, 5) is 57.6. The number of rotatable bonds is 15. The number of carbonyl (C=O) groups excluding carboxylic acids is 5. The van der Waals surface area contributed by atoms with Crippen molar-refractivity contribution in [1.29, 1.82) is 0 Å². The molecule has 0 rings (SSSR count). The molecule has 3 atom stereocenters. The normalized spacial score (nSPS) is 13.9. The highest BCUT2D eigenvalue weighted by molar-refractivity contribution is 5.84. The molecule has 0 spiro atoms. The molecule has 0 aromatic heterocycles. The SMILES string of the molecule is CC(=O)CCC(C)C(=O)NCCCC(CC(C)=O)NC(=O)C(N)CCC(C)=O. The van der Waals surface area contributed by atoms with Crippen LogP contribution in [0.5, 0.6) is 0 Å². The molecule has 0 bridgehead atoms. The van der Waals surface area contributed by atoms with Crippen LogP contribution in [0, 0.1) is 5.92 Å². The summed E-state index contributed by atoms with van der Waals surface area (Å²) in [5.41, 5.74) is 5.79. The van der Waals surface area contributed by atoms with Crippen LogP contribution in [0.3, 0.4) is 0 Å². The van der Waals surface area contributed by atoms with Crippen LogP contribution in [0.25, 0.3) is 0 Å². The zero-order chi connectivity index (χ0) is 21.7. The Morgan fingerprint density at radius 2 is 1.39 bits per heavy atom. The predicted octanol–water partition coefficient (Wildman–Crippen LogP) is 1.05. The Bertz CT molecular complexity index is 562. The average Bonchev–Trinajstić information content (AvgIpc) is 2.59. The maximum Gasteiger partial charge on any atom is 0.237 e. The van der Waals surface area contributed by atoms with Crippen LogP contribution in [-0.4, -0.2) is 47.8 Å². The molecular weight excluding hydrogens is 362 g/mol. The van der Waals surface area contributed by atoms with E-state index in [1.807, 2.05) is 0 Å². The Balaban J connectivity index is 4.36. The summed E-state index contributed by atoms with van der Waals surface area (Å²) < 4.78 is 0. The van der Waals surface area contributed by atoms with Crippen molar-refractivity contribution < 1.29 is 24.0 Å². The molecule has 0 aliphatic carbocycles. The van der Waals surface area contributed by atoms with E-state index in [1.54, 1.807) is 6.92 Å². The summed E-state index contributed by atoms with van der Waals surface area (Å²) in [5, 5.41) is 5.58. The molecule has 0 aliphatic heterocycles. The molecule has 0 fully saturated rings. The fraction of sp³-hybridized carbons (Fsp3) is 0.750. The van der Waals surface area contributed by atoms with Crippen molar-refractivity contribution in [3.8, 4) is 0 Å². The van der Waals surface area contributed by atoms with Crippen LogP contribution in [0.1, 0.15) is 72.6 Å². The standard InChI is InChI=1S/C20H35N3O5/c1-13(7-8-14(2)24)19(27)22-11-5-6-17(12-16(4)26)23-20(28)18(21)10-9-15(3)25/h13,17-18H,5-12,21H2,1-4H3,(H,22,27)(H,23,28). The highest BCUT2D eigenvalue weighted by Gasteiger charge is 2.20. The average molecular weight is 398 g/mol. The van der Waals surface area contributed by atoms with E-state index in [4.69, 9.17) is 5.73 Å². The Kier molecular flexibility index (Phi) is 12.9. The highest BCUT2D eigenvalue weighted by Crippen LogP contribution is 2.07. The van der Waals surface area contributed by atoms with Crippen molar-refractivity contribution in [3.63, 3.8) is 0 Å². The van der Waals surface area contributed by atoms with E-state index in [-0.39, 0.29) is 60.4 Å². The van der Waals surface area contributed by atoms with Gasteiger partial charge in [-0.3, -0.25) is 14.4 Å². The van der Waals surface area contributed by atoms with Crippen LogP contribution < -0.4 is 16.4 Å². The molecule has 0 saturated carbocycles. The molecule has 0 aromatic carbocycles. The number of nitrogens with two attached hydrogens (primary N) is 1. The first-order chi connectivity index (χ1) is 13.0. The van der Waals surface area contributed by atoms with Gasteiger partial charge in [-0.25, -0.2) is 0 Å². The zero-order valence-electron chi connectivity index (χ0n) is 17.5. The fourth-order valence-corrected chi connectivity index (χ4v) is 2.66. The maximum atomic E-state index is 12.1. The summed E-state index contributed by atoms with van der Waals surface area (Å²) in [6.45, 7) is 6.59.